The smallest absolute Gasteiger partial charge is 0.339 e. The van der Waals surface area contributed by atoms with Crippen molar-refractivity contribution in [2.75, 3.05) is 0 Å². The van der Waals surface area contributed by atoms with Gasteiger partial charge in [0.1, 0.15) is 22.9 Å². The maximum absolute atomic E-state index is 11.1. The lowest BCUT2D eigenvalue weighted by molar-refractivity contribution is 0.0691. The van der Waals surface area contributed by atoms with Crippen LogP contribution in [0.25, 0.3) is 0 Å². The first-order valence-electron chi connectivity index (χ1n) is 5.56. The summed E-state index contributed by atoms with van der Waals surface area (Å²) in [5, 5.41) is 9.99. The van der Waals surface area contributed by atoms with E-state index in [1.165, 1.54) is 0 Å². The van der Waals surface area contributed by atoms with E-state index in [4.69, 9.17) is 9.84 Å². The molecule has 6 heteroatoms. The lowest BCUT2D eigenvalue weighted by Crippen LogP contribution is -2.03. The first-order chi connectivity index (χ1) is 8.97. The average Bonchev–Trinajstić information content (AvgIpc) is 2.67. The molecule has 1 aromatic carbocycles. The second-order valence-electron chi connectivity index (χ2n) is 3.98. The van der Waals surface area contributed by atoms with E-state index in [0.717, 1.165) is 19.1 Å². The molecule has 19 heavy (non-hydrogen) atoms. The quantitative estimate of drug-likeness (QED) is 0.812. The van der Waals surface area contributed by atoms with Gasteiger partial charge >= 0.3 is 5.97 Å². The van der Waals surface area contributed by atoms with Crippen molar-refractivity contribution in [3.63, 3.8) is 0 Å². The van der Waals surface area contributed by atoms with Gasteiger partial charge in [0.05, 0.1) is 5.69 Å². The third-order valence-corrected chi connectivity index (χ3v) is 4.31. The number of carboxylic acids is 1. The molecule has 0 fully saturated rings. The molecule has 4 nitrogen and oxygen atoms in total. The van der Waals surface area contributed by atoms with Gasteiger partial charge in [-0.15, -0.1) is 11.3 Å². The van der Waals surface area contributed by atoms with E-state index in [1.807, 2.05) is 19.9 Å². The largest absolute Gasteiger partial charge is 0.486 e. The SMILES string of the molecule is Cc1nc(COc2ccc(I)cc2C(=O)O)sc1C. The fourth-order valence-electron chi connectivity index (χ4n) is 1.54. The van der Waals surface area contributed by atoms with Crippen LogP contribution in [0.15, 0.2) is 18.2 Å². The van der Waals surface area contributed by atoms with Crippen LogP contribution in [-0.4, -0.2) is 16.1 Å². The van der Waals surface area contributed by atoms with Crippen LogP contribution in [0.5, 0.6) is 5.75 Å². The minimum atomic E-state index is -0.986. The molecule has 1 N–H and O–H groups in total. The van der Waals surface area contributed by atoms with E-state index >= 15 is 0 Å². The molecule has 0 aliphatic rings. The van der Waals surface area contributed by atoms with Crippen LogP contribution in [0.3, 0.4) is 0 Å². The predicted molar refractivity (Wildman–Crippen MR) is 82.0 cm³/mol. The third-order valence-electron chi connectivity index (χ3n) is 2.60. The normalized spacial score (nSPS) is 10.5. The van der Waals surface area contributed by atoms with Crippen molar-refractivity contribution in [1.29, 1.82) is 0 Å². The molecule has 2 aromatic rings. The van der Waals surface area contributed by atoms with Crippen LogP contribution in [0.1, 0.15) is 25.9 Å². The van der Waals surface area contributed by atoms with Crippen molar-refractivity contribution >= 4 is 39.9 Å². The van der Waals surface area contributed by atoms with Gasteiger partial charge in [0.15, 0.2) is 0 Å². The van der Waals surface area contributed by atoms with Gasteiger partial charge in [-0.3, -0.25) is 0 Å². The Morgan fingerprint density at radius 2 is 2.21 bits per heavy atom. The predicted octanol–water partition coefficient (Wildman–Crippen LogP) is 3.64. The van der Waals surface area contributed by atoms with Crippen LogP contribution in [0.4, 0.5) is 0 Å². The fraction of sp³-hybridized carbons (Fsp3) is 0.231. The number of ether oxygens (including phenoxy) is 1. The summed E-state index contributed by atoms with van der Waals surface area (Å²) in [5.74, 6) is -0.613. The first-order valence-corrected chi connectivity index (χ1v) is 7.45. The molecule has 0 bridgehead atoms. The summed E-state index contributed by atoms with van der Waals surface area (Å²) in [6, 6.07) is 5.09. The van der Waals surface area contributed by atoms with Gasteiger partial charge < -0.3 is 9.84 Å². The number of nitrogens with zero attached hydrogens (tertiary/aromatic N) is 1. The van der Waals surface area contributed by atoms with E-state index in [0.29, 0.717) is 12.4 Å². The zero-order valence-corrected chi connectivity index (χ0v) is 13.4. The molecule has 0 aliphatic carbocycles. The standard InChI is InChI=1S/C13H12INO3S/c1-7-8(2)19-12(15-7)6-18-11-4-3-9(14)5-10(11)13(16)17/h3-5H,6H2,1-2H3,(H,16,17). The molecule has 0 saturated heterocycles. The van der Waals surface area contributed by atoms with Crippen LogP contribution in [0.2, 0.25) is 0 Å². The Morgan fingerprint density at radius 3 is 2.79 bits per heavy atom. The Morgan fingerprint density at radius 1 is 1.47 bits per heavy atom. The highest BCUT2D eigenvalue weighted by atomic mass is 127. The molecule has 1 heterocycles. The minimum Gasteiger partial charge on any atom is -0.486 e. The molecule has 100 valence electrons. The Hall–Kier alpha value is -1.15. The summed E-state index contributed by atoms with van der Waals surface area (Å²) < 4.78 is 6.44. The van der Waals surface area contributed by atoms with E-state index < -0.39 is 5.97 Å². The lowest BCUT2D eigenvalue weighted by atomic mass is 10.2. The fourth-order valence-corrected chi connectivity index (χ4v) is 2.87. The molecule has 0 aliphatic heterocycles. The van der Waals surface area contributed by atoms with Crippen LogP contribution >= 0.6 is 33.9 Å². The highest BCUT2D eigenvalue weighted by Crippen LogP contribution is 2.24. The van der Waals surface area contributed by atoms with E-state index in [1.54, 1.807) is 23.5 Å². The number of rotatable bonds is 4. The number of carboxylic acid groups (broad SMARTS) is 1. The number of hydrogen-bond donors (Lipinski definition) is 1. The van der Waals surface area contributed by atoms with Gasteiger partial charge in [0.2, 0.25) is 0 Å². The molecule has 0 saturated carbocycles. The van der Waals surface area contributed by atoms with E-state index in [-0.39, 0.29) is 5.56 Å². The monoisotopic (exact) mass is 389 g/mol. The number of benzene rings is 1. The van der Waals surface area contributed by atoms with Gasteiger partial charge in [-0.2, -0.15) is 0 Å². The summed E-state index contributed by atoms with van der Waals surface area (Å²) >= 11 is 3.64. The third kappa shape index (κ3) is 3.44. The maximum atomic E-state index is 11.1. The topological polar surface area (TPSA) is 59.4 Å². The van der Waals surface area contributed by atoms with E-state index in [2.05, 4.69) is 27.6 Å². The van der Waals surface area contributed by atoms with Gasteiger partial charge in [-0.05, 0) is 54.6 Å². The molecule has 0 atom stereocenters. The maximum Gasteiger partial charge on any atom is 0.339 e. The Balaban J connectivity index is 2.17. The van der Waals surface area contributed by atoms with Crippen molar-refractivity contribution in [3.05, 3.63) is 42.9 Å². The van der Waals surface area contributed by atoms with Crippen molar-refractivity contribution in [2.24, 2.45) is 0 Å². The van der Waals surface area contributed by atoms with Gasteiger partial charge in [0, 0.05) is 8.45 Å². The number of thiazole rings is 1. The molecule has 0 radical (unpaired) electrons. The molecule has 2 rings (SSSR count). The Bertz CT molecular complexity index is 605. The number of aromatic carboxylic acids is 1. The summed E-state index contributed by atoms with van der Waals surface area (Å²) in [4.78, 5) is 16.7. The van der Waals surface area contributed by atoms with Gasteiger partial charge in [0.25, 0.3) is 0 Å². The number of aromatic nitrogens is 1. The number of aryl methyl sites for hydroxylation is 2. The number of hydrogen-bond acceptors (Lipinski definition) is 4. The zero-order valence-electron chi connectivity index (χ0n) is 10.4. The Kier molecular flexibility index (Phi) is 4.41. The van der Waals surface area contributed by atoms with Gasteiger partial charge in [-0.1, -0.05) is 0 Å². The summed E-state index contributed by atoms with van der Waals surface area (Å²) in [7, 11) is 0. The summed E-state index contributed by atoms with van der Waals surface area (Å²) in [6.07, 6.45) is 0. The lowest BCUT2D eigenvalue weighted by Gasteiger charge is -2.07. The summed E-state index contributed by atoms with van der Waals surface area (Å²) in [6.45, 7) is 4.24. The van der Waals surface area contributed by atoms with Gasteiger partial charge in [-0.25, -0.2) is 9.78 Å². The van der Waals surface area contributed by atoms with Crippen molar-refractivity contribution < 1.29 is 14.6 Å². The highest BCUT2D eigenvalue weighted by Gasteiger charge is 2.13. The average molecular weight is 389 g/mol. The molecule has 1 aromatic heterocycles. The van der Waals surface area contributed by atoms with Crippen molar-refractivity contribution in [2.45, 2.75) is 20.5 Å². The van der Waals surface area contributed by atoms with Crippen molar-refractivity contribution in [3.8, 4) is 5.75 Å². The minimum absolute atomic E-state index is 0.178. The Labute approximate surface area is 128 Å². The van der Waals surface area contributed by atoms with E-state index in [9.17, 15) is 4.79 Å². The second kappa shape index (κ2) is 5.87. The second-order valence-corrected chi connectivity index (χ2v) is 6.52. The van der Waals surface area contributed by atoms with Crippen molar-refractivity contribution in [1.82, 2.24) is 4.98 Å². The van der Waals surface area contributed by atoms with Crippen LogP contribution < -0.4 is 4.74 Å². The number of carbonyl (C=O) groups is 1. The molecule has 0 unspecified atom stereocenters. The highest BCUT2D eigenvalue weighted by molar-refractivity contribution is 14.1. The summed E-state index contributed by atoms with van der Waals surface area (Å²) in [5.41, 5.74) is 1.17. The molecule has 0 spiro atoms. The number of halogens is 1. The van der Waals surface area contributed by atoms with Crippen LogP contribution in [0, 0.1) is 17.4 Å². The van der Waals surface area contributed by atoms with Crippen LogP contribution in [-0.2, 0) is 6.61 Å². The molecular weight excluding hydrogens is 377 g/mol. The molecular formula is C13H12INO3S. The molecule has 0 amide bonds. The zero-order chi connectivity index (χ0) is 14.0. The first kappa shape index (κ1) is 14.3.